The zero-order chi connectivity index (χ0) is 15.2. The molecule has 2 aromatic carbocycles. The van der Waals surface area contributed by atoms with Gasteiger partial charge in [-0.05, 0) is 24.3 Å². The Kier molecular flexibility index (Phi) is 4.87. The van der Waals surface area contributed by atoms with E-state index in [0.29, 0.717) is 11.5 Å². The molecule has 0 bridgehead atoms. The molecule has 0 saturated heterocycles. The van der Waals surface area contributed by atoms with Gasteiger partial charge in [-0.25, -0.2) is 8.78 Å². The topological polar surface area (TPSA) is 36.9 Å². The van der Waals surface area contributed by atoms with Crippen molar-refractivity contribution in [3.05, 3.63) is 48.0 Å². The van der Waals surface area contributed by atoms with Gasteiger partial charge in [-0.15, -0.1) is 0 Å². The van der Waals surface area contributed by atoms with Crippen LogP contribution in [0.25, 0.3) is 0 Å². The lowest BCUT2D eigenvalue weighted by atomic mass is 10.2. The summed E-state index contributed by atoms with van der Waals surface area (Å²) in [5.41, 5.74) is 0. The summed E-state index contributed by atoms with van der Waals surface area (Å²) in [5, 5.41) is 0. The van der Waals surface area contributed by atoms with E-state index < -0.39 is 11.6 Å². The molecule has 0 spiro atoms. The van der Waals surface area contributed by atoms with Crippen molar-refractivity contribution < 1.29 is 27.6 Å². The normalized spacial score (nSPS) is 9.90. The third kappa shape index (κ3) is 3.78. The molecular formula is C14H13BF2O4. The van der Waals surface area contributed by atoms with Gasteiger partial charge in [0.25, 0.3) is 0 Å². The fourth-order valence-corrected chi connectivity index (χ4v) is 1.60. The summed E-state index contributed by atoms with van der Waals surface area (Å²) in [6, 6.07) is 8.09. The molecule has 0 saturated carbocycles. The molecule has 2 aromatic rings. The van der Waals surface area contributed by atoms with Crippen molar-refractivity contribution in [1.82, 2.24) is 0 Å². The monoisotopic (exact) mass is 294 g/mol. The third-order valence-electron chi connectivity index (χ3n) is 2.71. The van der Waals surface area contributed by atoms with Gasteiger partial charge in [0.05, 0.1) is 14.2 Å². The first-order chi connectivity index (χ1) is 10.1. The second kappa shape index (κ2) is 6.83. The van der Waals surface area contributed by atoms with Gasteiger partial charge in [-0.2, -0.15) is 0 Å². The summed E-state index contributed by atoms with van der Waals surface area (Å²) in [6.07, 6.45) is 0. The first-order valence-corrected chi connectivity index (χ1v) is 6.06. The van der Waals surface area contributed by atoms with Gasteiger partial charge in [-0.1, -0.05) is 0 Å². The number of benzene rings is 2. The molecule has 0 N–H and O–H groups in total. The van der Waals surface area contributed by atoms with Crippen LogP contribution in [-0.4, -0.2) is 21.9 Å². The highest BCUT2D eigenvalue weighted by atomic mass is 19.1. The lowest BCUT2D eigenvalue weighted by Gasteiger charge is -2.10. The van der Waals surface area contributed by atoms with Crippen LogP contribution in [0.15, 0.2) is 36.4 Å². The Morgan fingerprint density at radius 1 is 0.762 bits per heavy atom. The first kappa shape index (κ1) is 15.0. The van der Waals surface area contributed by atoms with Gasteiger partial charge >= 0.3 is 7.69 Å². The van der Waals surface area contributed by atoms with Crippen LogP contribution in [0.1, 0.15) is 0 Å². The quantitative estimate of drug-likeness (QED) is 0.768. The van der Waals surface area contributed by atoms with Crippen LogP contribution in [0.4, 0.5) is 8.78 Å². The zero-order valence-electron chi connectivity index (χ0n) is 11.6. The molecule has 0 heterocycles. The summed E-state index contributed by atoms with van der Waals surface area (Å²) in [7, 11) is 2.56. The van der Waals surface area contributed by atoms with Crippen LogP contribution < -0.4 is 18.8 Å². The summed E-state index contributed by atoms with van der Waals surface area (Å²) >= 11 is 0. The number of ether oxygens (including phenoxy) is 2. The number of rotatable bonds is 6. The van der Waals surface area contributed by atoms with Gasteiger partial charge in [-0.3, -0.25) is 0 Å². The second-order valence-corrected chi connectivity index (χ2v) is 4.00. The first-order valence-electron chi connectivity index (χ1n) is 6.06. The van der Waals surface area contributed by atoms with E-state index in [1.807, 2.05) is 0 Å². The van der Waals surface area contributed by atoms with Crippen LogP contribution in [0.5, 0.6) is 23.0 Å². The third-order valence-corrected chi connectivity index (χ3v) is 2.71. The number of methoxy groups -OCH3 is 2. The molecule has 2 rings (SSSR count). The molecule has 110 valence electrons. The minimum atomic E-state index is -0.564. The predicted molar refractivity (Wildman–Crippen MR) is 74.3 cm³/mol. The lowest BCUT2D eigenvalue weighted by molar-refractivity contribution is 0.393. The molecule has 0 aromatic heterocycles. The Bertz CT molecular complexity index is 568. The number of halogens is 2. The minimum Gasteiger partial charge on any atom is -0.526 e. The summed E-state index contributed by atoms with van der Waals surface area (Å²) in [6.45, 7) is 0. The molecule has 0 aliphatic heterocycles. The van der Waals surface area contributed by atoms with Crippen LogP contribution in [0.3, 0.4) is 0 Å². The number of hydrogen-bond acceptors (Lipinski definition) is 4. The van der Waals surface area contributed by atoms with E-state index >= 15 is 0 Å². The number of hydrogen-bond donors (Lipinski definition) is 0. The van der Waals surface area contributed by atoms with Crippen molar-refractivity contribution in [2.75, 3.05) is 14.2 Å². The second-order valence-electron chi connectivity index (χ2n) is 4.00. The summed E-state index contributed by atoms with van der Waals surface area (Å²) in [5.74, 6) is -0.329. The van der Waals surface area contributed by atoms with Crippen molar-refractivity contribution in [3.63, 3.8) is 0 Å². The van der Waals surface area contributed by atoms with Crippen LogP contribution in [-0.2, 0) is 0 Å². The molecule has 0 aliphatic carbocycles. The molecular weight excluding hydrogens is 281 g/mol. The Labute approximate surface area is 121 Å². The Morgan fingerprint density at radius 3 is 1.57 bits per heavy atom. The van der Waals surface area contributed by atoms with E-state index in [4.69, 9.17) is 18.8 Å². The predicted octanol–water partition coefficient (Wildman–Crippen LogP) is 2.71. The minimum absolute atomic E-state index is 0.0438. The molecule has 0 fully saturated rings. The molecule has 7 heteroatoms. The molecule has 0 unspecified atom stereocenters. The smallest absolute Gasteiger partial charge is 0.526 e. The van der Waals surface area contributed by atoms with Crippen LogP contribution >= 0.6 is 0 Å². The Hall–Kier alpha value is -2.44. The molecule has 0 amide bonds. The lowest BCUT2D eigenvalue weighted by Crippen LogP contribution is -2.12. The maximum absolute atomic E-state index is 13.5. The van der Waals surface area contributed by atoms with E-state index in [1.54, 1.807) is 0 Å². The van der Waals surface area contributed by atoms with Crippen molar-refractivity contribution in [1.29, 1.82) is 0 Å². The van der Waals surface area contributed by atoms with Crippen LogP contribution in [0, 0.1) is 11.6 Å². The average Bonchev–Trinajstić information content (AvgIpc) is 2.51. The summed E-state index contributed by atoms with van der Waals surface area (Å²) < 4.78 is 47.2. The van der Waals surface area contributed by atoms with E-state index in [-0.39, 0.29) is 19.2 Å². The zero-order valence-corrected chi connectivity index (χ0v) is 11.6. The van der Waals surface area contributed by atoms with E-state index in [2.05, 4.69) is 0 Å². The highest BCUT2D eigenvalue weighted by Gasteiger charge is 2.10. The van der Waals surface area contributed by atoms with Crippen molar-refractivity contribution in [3.8, 4) is 23.0 Å². The maximum Gasteiger partial charge on any atom is 0.576 e. The standard InChI is InChI=1S/C14H13BF2O4/c1-18-9-3-5-11(16)13(7-9)20-15-21-14-8-10(19-2)4-6-12(14)17/h3-8,15H,1-2H3. The fraction of sp³-hybridized carbons (Fsp3) is 0.143. The molecule has 0 atom stereocenters. The van der Waals surface area contributed by atoms with E-state index in [1.165, 1.54) is 50.6 Å². The van der Waals surface area contributed by atoms with Gasteiger partial charge in [0.1, 0.15) is 23.0 Å². The van der Waals surface area contributed by atoms with Crippen molar-refractivity contribution >= 4 is 7.69 Å². The van der Waals surface area contributed by atoms with E-state index in [9.17, 15) is 8.78 Å². The highest BCUT2D eigenvalue weighted by Crippen LogP contribution is 2.25. The average molecular weight is 294 g/mol. The van der Waals surface area contributed by atoms with Gasteiger partial charge in [0.15, 0.2) is 11.6 Å². The SMILES string of the molecule is COc1ccc(F)c(OBOc2cc(OC)ccc2F)c1. The molecule has 0 radical (unpaired) electrons. The Morgan fingerprint density at radius 2 is 1.19 bits per heavy atom. The molecule has 21 heavy (non-hydrogen) atoms. The summed E-state index contributed by atoms with van der Waals surface area (Å²) in [4.78, 5) is 0. The molecule has 4 nitrogen and oxygen atoms in total. The Balaban J connectivity index is 2.01. The molecule has 0 aliphatic rings. The van der Waals surface area contributed by atoms with Crippen molar-refractivity contribution in [2.45, 2.75) is 0 Å². The van der Waals surface area contributed by atoms with Crippen LogP contribution in [0.2, 0.25) is 0 Å². The van der Waals surface area contributed by atoms with Gasteiger partial charge in [0, 0.05) is 12.1 Å². The van der Waals surface area contributed by atoms with Gasteiger partial charge < -0.3 is 18.8 Å². The highest BCUT2D eigenvalue weighted by molar-refractivity contribution is 6.20. The van der Waals surface area contributed by atoms with E-state index in [0.717, 1.165) is 0 Å². The van der Waals surface area contributed by atoms with Crippen molar-refractivity contribution in [2.24, 2.45) is 0 Å². The largest absolute Gasteiger partial charge is 0.576 e. The fourth-order valence-electron chi connectivity index (χ4n) is 1.60. The van der Waals surface area contributed by atoms with Gasteiger partial charge in [0.2, 0.25) is 0 Å². The maximum atomic E-state index is 13.5.